The Kier molecular flexibility index (Phi) is 5.91. The van der Waals surface area contributed by atoms with Gasteiger partial charge < -0.3 is 10.6 Å². The fraction of sp³-hybridized carbons (Fsp3) is 0.571. The van der Waals surface area contributed by atoms with E-state index in [1.54, 1.807) is 6.92 Å². The highest BCUT2D eigenvalue weighted by Crippen LogP contribution is 2.42. The smallest absolute Gasteiger partial charge is 0.325 e. The van der Waals surface area contributed by atoms with Gasteiger partial charge in [-0.1, -0.05) is 26.3 Å². The van der Waals surface area contributed by atoms with Crippen LogP contribution in [0.4, 0.5) is 13.6 Å². The molecule has 3 atom stereocenters. The first-order valence-electron chi connectivity index (χ1n) is 10.0. The largest absolute Gasteiger partial charge is 0.352 e. The number of hydrogen-bond acceptors (Lipinski definition) is 3. The van der Waals surface area contributed by atoms with Gasteiger partial charge in [-0.25, -0.2) is 13.6 Å². The molecule has 3 rings (SSSR count). The molecule has 29 heavy (non-hydrogen) atoms. The van der Waals surface area contributed by atoms with Gasteiger partial charge in [-0.05, 0) is 50.2 Å². The lowest BCUT2D eigenvalue weighted by atomic mass is 9.67. The molecule has 1 saturated heterocycles. The maximum atomic E-state index is 13.8. The summed E-state index contributed by atoms with van der Waals surface area (Å²) in [5, 5.41) is 5.46. The second-order valence-corrected chi connectivity index (χ2v) is 8.30. The first kappa shape index (κ1) is 21.2. The van der Waals surface area contributed by atoms with E-state index >= 15 is 0 Å². The summed E-state index contributed by atoms with van der Waals surface area (Å²) < 4.78 is 27.6. The van der Waals surface area contributed by atoms with Crippen molar-refractivity contribution >= 4 is 17.8 Å². The molecule has 0 bridgehead atoms. The van der Waals surface area contributed by atoms with Gasteiger partial charge >= 0.3 is 6.03 Å². The molecule has 158 valence electrons. The number of nitrogens with zero attached hydrogens (tertiary/aromatic N) is 1. The summed E-state index contributed by atoms with van der Waals surface area (Å²) in [6.07, 6.45) is 2.63. The van der Waals surface area contributed by atoms with Gasteiger partial charge in [-0.2, -0.15) is 0 Å². The summed E-state index contributed by atoms with van der Waals surface area (Å²) in [5.74, 6) is -2.31. The van der Waals surface area contributed by atoms with Crippen LogP contribution in [-0.4, -0.2) is 40.9 Å². The Hall–Kier alpha value is -2.51. The van der Waals surface area contributed by atoms with Crippen molar-refractivity contribution in [1.82, 2.24) is 15.5 Å². The number of carbonyl (C=O) groups excluding carboxylic acids is 3. The molecule has 1 aromatic rings. The molecule has 2 fully saturated rings. The first-order chi connectivity index (χ1) is 13.7. The van der Waals surface area contributed by atoms with Gasteiger partial charge in [0.25, 0.3) is 5.91 Å². The van der Waals surface area contributed by atoms with Crippen molar-refractivity contribution in [2.75, 3.05) is 6.54 Å². The van der Waals surface area contributed by atoms with E-state index < -0.39 is 41.7 Å². The quantitative estimate of drug-likeness (QED) is 0.737. The van der Waals surface area contributed by atoms with Crippen molar-refractivity contribution in [2.24, 2.45) is 11.8 Å². The summed E-state index contributed by atoms with van der Waals surface area (Å²) in [5.41, 5.74) is -1.07. The summed E-state index contributed by atoms with van der Waals surface area (Å²) in [7, 11) is 0. The number of halogens is 2. The molecule has 2 aliphatic rings. The van der Waals surface area contributed by atoms with E-state index in [-0.39, 0.29) is 29.7 Å². The fourth-order valence-electron chi connectivity index (χ4n) is 4.64. The highest BCUT2D eigenvalue weighted by Gasteiger charge is 2.58. The van der Waals surface area contributed by atoms with Gasteiger partial charge in [0.05, 0.1) is 0 Å². The van der Waals surface area contributed by atoms with E-state index in [0.29, 0.717) is 0 Å². The second kappa shape index (κ2) is 8.08. The van der Waals surface area contributed by atoms with Crippen LogP contribution in [0.2, 0.25) is 0 Å². The number of amides is 4. The third-order valence-corrected chi connectivity index (χ3v) is 6.27. The maximum absolute atomic E-state index is 13.8. The topological polar surface area (TPSA) is 78.5 Å². The molecule has 1 saturated carbocycles. The average Bonchev–Trinajstić information content (AvgIpc) is 2.89. The third-order valence-electron chi connectivity index (χ3n) is 6.27. The SMILES string of the molecule is CC(Cc1c(F)cccc1F)NC(=O)CN1C(=O)NC2(C1=O)C(C)CCCC2C. The minimum atomic E-state index is -0.961. The Morgan fingerprint density at radius 3 is 2.41 bits per heavy atom. The lowest BCUT2D eigenvalue weighted by molar-refractivity contribution is -0.139. The van der Waals surface area contributed by atoms with Crippen molar-refractivity contribution < 1.29 is 23.2 Å². The molecule has 4 amide bonds. The monoisotopic (exact) mass is 407 g/mol. The molecule has 1 aromatic carbocycles. The Labute approximate surface area is 169 Å². The zero-order valence-corrected chi connectivity index (χ0v) is 16.9. The van der Waals surface area contributed by atoms with E-state index in [9.17, 15) is 23.2 Å². The van der Waals surface area contributed by atoms with Gasteiger partial charge in [-0.3, -0.25) is 14.5 Å². The van der Waals surface area contributed by atoms with Crippen molar-refractivity contribution in [3.8, 4) is 0 Å². The van der Waals surface area contributed by atoms with Gasteiger partial charge in [-0.15, -0.1) is 0 Å². The van der Waals surface area contributed by atoms with E-state index in [1.807, 2.05) is 13.8 Å². The molecule has 1 aliphatic carbocycles. The number of benzene rings is 1. The fourth-order valence-corrected chi connectivity index (χ4v) is 4.64. The van der Waals surface area contributed by atoms with Crippen LogP contribution in [0.1, 0.15) is 45.6 Å². The zero-order chi connectivity index (χ0) is 21.3. The van der Waals surface area contributed by atoms with Gasteiger partial charge in [0.15, 0.2) is 0 Å². The molecule has 0 aromatic heterocycles. The standard InChI is InChI=1S/C21H27F2N3O3/c1-12-6-4-7-13(2)21(12)19(28)26(20(29)25-21)11-18(27)24-14(3)10-15-16(22)8-5-9-17(15)23/h5,8-9,12-14H,4,6-7,10-11H2,1-3H3,(H,24,27)(H,25,29). The van der Waals surface area contributed by atoms with Crippen LogP contribution in [0, 0.1) is 23.5 Å². The molecule has 0 radical (unpaired) electrons. The third kappa shape index (κ3) is 3.84. The molecule has 8 heteroatoms. The van der Waals surface area contributed by atoms with E-state index in [0.717, 1.165) is 36.3 Å². The summed E-state index contributed by atoms with van der Waals surface area (Å²) in [6.45, 7) is 5.09. The number of nitrogens with one attached hydrogen (secondary N) is 2. The summed E-state index contributed by atoms with van der Waals surface area (Å²) in [4.78, 5) is 38.9. The van der Waals surface area contributed by atoms with Crippen LogP contribution < -0.4 is 10.6 Å². The summed E-state index contributed by atoms with van der Waals surface area (Å²) in [6, 6.07) is 2.45. The highest BCUT2D eigenvalue weighted by molar-refractivity contribution is 6.09. The number of imide groups is 1. The lowest BCUT2D eigenvalue weighted by Crippen LogP contribution is -2.59. The van der Waals surface area contributed by atoms with Crippen molar-refractivity contribution in [2.45, 2.75) is 58.0 Å². The molecular weight excluding hydrogens is 380 g/mol. The van der Waals surface area contributed by atoms with E-state index in [2.05, 4.69) is 10.6 Å². The molecule has 1 spiro atoms. The molecular formula is C21H27F2N3O3. The number of carbonyl (C=O) groups is 3. The van der Waals surface area contributed by atoms with Gasteiger partial charge in [0, 0.05) is 11.6 Å². The average molecular weight is 407 g/mol. The number of urea groups is 1. The van der Waals surface area contributed by atoms with Crippen LogP contribution in [0.5, 0.6) is 0 Å². The minimum Gasteiger partial charge on any atom is -0.352 e. The van der Waals surface area contributed by atoms with Crippen LogP contribution in [-0.2, 0) is 16.0 Å². The Morgan fingerprint density at radius 2 is 1.83 bits per heavy atom. The molecule has 6 nitrogen and oxygen atoms in total. The predicted molar refractivity (Wildman–Crippen MR) is 103 cm³/mol. The van der Waals surface area contributed by atoms with Crippen LogP contribution in [0.25, 0.3) is 0 Å². The number of rotatable bonds is 5. The van der Waals surface area contributed by atoms with E-state index in [4.69, 9.17) is 0 Å². The van der Waals surface area contributed by atoms with Gasteiger partial charge in [0.2, 0.25) is 5.91 Å². The van der Waals surface area contributed by atoms with Crippen LogP contribution >= 0.6 is 0 Å². The van der Waals surface area contributed by atoms with Gasteiger partial charge in [0.1, 0.15) is 23.7 Å². The molecule has 1 aliphatic heterocycles. The summed E-state index contributed by atoms with van der Waals surface area (Å²) >= 11 is 0. The minimum absolute atomic E-state index is 0.0151. The molecule has 2 N–H and O–H groups in total. The Balaban J connectivity index is 1.64. The normalized spacial score (nSPS) is 27.8. The van der Waals surface area contributed by atoms with E-state index in [1.165, 1.54) is 6.07 Å². The molecule has 3 unspecified atom stereocenters. The van der Waals surface area contributed by atoms with Crippen molar-refractivity contribution in [3.05, 3.63) is 35.4 Å². The number of hydrogen-bond donors (Lipinski definition) is 2. The predicted octanol–water partition coefficient (Wildman–Crippen LogP) is 2.76. The Morgan fingerprint density at radius 1 is 1.24 bits per heavy atom. The zero-order valence-electron chi connectivity index (χ0n) is 16.9. The van der Waals surface area contributed by atoms with Crippen molar-refractivity contribution in [1.29, 1.82) is 0 Å². The van der Waals surface area contributed by atoms with Crippen LogP contribution in [0.3, 0.4) is 0 Å². The Bertz CT molecular complexity index is 799. The second-order valence-electron chi connectivity index (χ2n) is 8.30. The highest BCUT2D eigenvalue weighted by atomic mass is 19.1. The maximum Gasteiger partial charge on any atom is 0.325 e. The van der Waals surface area contributed by atoms with Crippen molar-refractivity contribution in [3.63, 3.8) is 0 Å². The van der Waals surface area contributed by atoms with Crippen LogP contribution in [0.15, 0.2) is 18.2 Å². The molecule has 1 heterocycles. The lowest BCUT2D eigenvalue weighted by Gasteiger charge is -2.42. The first-order valence-corrected chi connectivity index (χ1v) is 10.0.